The Bertz CT molecular complexity index is 836. The first-order valence-electron chi connectivity index (χ1n) is 7.31. The van der Waals surface area contributed by atoms with Gasteiger partial charge in [0.25, 0.3) is 0 Å². The highest BCUT2D eigenvalue weighted by Crippen LogP contribution is 2.20. The zero-order chi connectivity index (χ0) is 18.4. The number of methoxy groups -OCH3 is 1. The van der Waals surface area contributed by atoms with E-state index in [4.69, 9.17) is 20.1 Å². The number of hydrogen-bond acceptors (Lipinski definition) is 7. The number of nitriles is 1. The molecule has 1 heterocycles. The molecule has 1 N–H and O–H groups in total. The molecule has 1 unspecified atom stereocenters. The quantitative estimate of drug-likeness (QED) is 0.606. The van der Waals surface area contributed by atoms with E-state index < -0.39 is 24.3 Å². The minimum Gasteiger partial charge on any atom is -0.493 e. The van der Waals surface area contributed by atoms with Gasteiger partial charge in [0.2, 0.25) is 5.69 Å². The van der Waals surface area contributed by atoms with Gasteiger partial charge in [0.15, 0.2) is 18.1 Å². The number of carbonyl (C=O) groups excluding carboxylic acids is 2. The molecule has 0 spiro atoms. The molecule has 0 radical (unpaired) electrons. The number of Topliss-reactive ketones (excluding diaryl/α,β-unsaturated/α-hetero) is 1. The summed E-state index contributed by atoms with van der Waals surface area (Å²) in [6.07, 6.45) is 1.52. The van der Waals surface area contributed by atoms with Crippen LogP contribution < -0.4 is 4.74 Å². The van der Waals surface area contributed by atoms with Crippen molar-refractivity contribution in [3.63, 3.8) is 0 Å². The zero-order valence-electron chi connectivity index (χ0n) is 13.7. The highest BCUT2D eigenvalue weighted by molar-refractivity contribution is 6.06. The summed E-state index contributed by atoms with van der Waals surface area (Å²) in [6, 6.07) is 10.8. The van der Waals surface area contributed by atoms with Crippen LogP contribution in [0.3, 0.4) is 0 Å². The molecular weight excluding hydrogens is 324 g/mol. The van der Waals surface area contributed by atoms with Crippen LogP contribution in [0.2, 0.25) is 0 Å². The van der Waals surface area contributed by atoms with Crippen molar-refractivity contribution in [1.29, 1.82) is 10.7 Å². The van der Waals surface area contributed by atoms with E-state index in [1.807, 2.05) is 18.2 Å². The van der Waals surface area contributed by atoms with E-state index in [2.05, 4.69) is 5.10 Å². The normalized spacial score (nSPS) is 11.2. The summed E-state index contributed by atoms with van der Waals surface area (Å²) in [5.41, 5.74) is 0.536. The van der Waals surface area contributed by atoms with Crippen LogP contribution in [-0.2, 0) is 9.53 Å². The topological polar surface area (TPSA) is 118 Å². The second-order valence-corrected chi connectivity index (χ2v) is 5.11. The summed E-state index contributed by atoms with van der Waals surface area (Å²) in [6.45, 7) is 0.729. The minimum atomic E-state index is -1.23. The molecule has 0 amide bonds. The summed E-state index contributed by atoms with van der Waals surface area (Å²) < 4.78 is 11.5. The number of para-hydroxylation sites is 1. The van der Waals surface area contributed by atoms with Crippen LogP contribution in [0, 0.1) is 22.7 Å². The zero-order valence-corrected chi connectivity index (χ0v) is 13.7. The fourth-order valence-corrected chi connectivity index (χ4v) is 2.06. The molecule has 1 atom stereocenters. The summed E-state index contributed by atoms with van der Waals surface area (Å²) in [5.74, 6) is -2.54. The van der Waals surface area contributed by atoms with Crippen LogP contribution in [0.25, 0.3) is 5.69 Å². The fourth-order valence-electron chi connectivity index (χ4n) is 2.06. The molecule has 0 aliphatic carbocycles. The van der Waals surface area contributed by atoms with Gasteiger partial charge in [0.1, 0.15) is 5.92 Å². The van der Waals surface area contributed by atoms with Gasteiger partial charge in [0.05, 0.1) is 25.1 Å². The Kier molecular flexibility index (Phi) is 5.63. The molecule has 0 aliphatic rings. The van der Waals surface area contributed by atoms with E-state index in [0.717, 1.165) is 5.69 Å². The lowest BCUT2D eigenvalue weighted by Gasteiger charge is -2.07. The number of benzene rings is 1. The minimum absolute atomic E-state index is 0.0840. The number of carbonyl (C=O) groups is 2. The van der Waals surface area contributed by atoms with Gasteiger partial charge in [-0.25, -0.2) is 9.48 Å². The molecule has 8 nitrogen and oxygen atoms in total. The summed E-state index contributed by atoms with van der Waals surface area (Å²) in [5, 5.41) is 20.4. The number of hydrogen-bond donors (Lipinski definition) is 1. The highest BCUT2D eigenvalue weighted by Gasteiger charge is 2.24. The third kappa shape index (κ3) is 4.09. The number of rotatable bonds is 7. The maximum Gasteiger partial charge on any atom is 0.363 e. The lowest BCUT2D eigenvalue weighted by Crippen LogP contribution is -2.25. The van der Waals surface area contributed by atoms with Gasteiger partial charge in [-0.15, -0.1) is 0 Å². The number of nitrogens with one attached hydrogen (secondary N) is 1. The molecule has 0 bridgehead atoms. The molecule has 25 heavy (non-hydrogen) atoms. The summed E-state index contributed by atoms with van der Waals surface area (Å²) >= 11 is 0. The van der Waals surface area contributed by atoms with Crippen molar-refractivity contribution in [3.8, 4) is 17.5 Å². The van der Waals surface area contributed by atoms with E-state index in [1.54, 1.807) is 18.2 Å². The van der Waals surface area contributed by atoms with Crippen LogP contribution in [0.1, 0.15) is 17.4 Å². The Hall–Kier alpha value is -3.47. The third-order valence-electron chi connectivity index (χ3n) is 3.34. The molecule has 0 fully saturated rings. The number of ether oxygens (including phenoxy) is 2. The first kappa shape index (κ1) is 17.9. The number of nitrogens with zero attached hydrogens (tertiary/aromatic N) is 3. The molecule has 1 aromatic carbocycles. The SMILES string of the molecule is COc1cn(-c2ccccc2)nc1C(=O)OCC(=O)C(C#N)C(C)=N. The first-order chi connectivity index (χ1) is 12.0. The van der Waals surface area contributed by atoms with E-state index >= 15 is 0 Å². The summed E-state index contributed by atoms with van der Waals surface area (Å²) in [7, 11) is 1.39. The van der Waals surface area contributed by atoms with Gasteiger partial charge >= 0.3 is 5.97 Å². The predicted molar refractivity (Wildman–Crippen MR) is 87.9 cm³/mol. The van der Waals surface area contributed by atoms with Crippen molar-refractivity contribution >= 4 is 17.5 Å². The van der Waals surface area contributed by atoms with Crippen molar-refractivity contribution in [1.82, 2.24) is 9.78 Å². The van der Waals surface area contributed by atoms with Gasteiger partial charge in [-0.05, 0) is 19.1 Å². The lowest BCUT2D eigenvalue weighted by molar-refractivity contribution is -0.122. The Labute approximate surface area is 144 Å². The van der Waals surface area contributed by atoms with E-state index in [-0.39, 0.29) is 17.2 Å². The van der Waals surface area contributed by atoms with Crippen LogP contribution in [0.5, 0.6) is 5.75 Å². The number of aromatic nitrogens is 2. The molecule has 128 valence electrons. The van der Waals surface area contributed by atoms with Crippen molar-refractivity contribution in [2.24, 2.45) is 5.92 Å². The maximum atomic E-state index is 12.2. The Morgan fingerprint density at radius 3 is 2.60 bits per heavy atom. The van der Waals surface area contributed by atoms with E-state index in [9.17, 15) is 9.59 Å². The van der Waals surface area contributed by atoms with E-state index in [0.29, 0.717) is 0 Å². The Morgan fingerprint density at radius 1 is 1.36 bits per heavy atom. The molecule has 0 aliphatic heterocycles. The first-order valence-corrected chi connectivity index (χ1v) is 7.31. The van der Waals surface area contributed by atoms with Gasteiger partial charge in [-0.3, -0.25) is 4.79 Å². The Balaban J connectivity index is 2.14. The average Bonchev–Trinajstić information content (AvgIpc) is 3.05. The number of ketones is 1. The van der Waals surface area contributed by atoms with Crippen LogP contribution >= 0.6 is 0 Å². The van der Waals surface area contributed by atoms with Gasteiger partial charge in [-0.2, -0.15) is 10.4 Å². The molecule has 2 rings (SSSR count). The van der Waals surface area contributed by atoms with Gasteiger partial charge in [-0.1, -0.05) is 18.2 Å². The average molecular weight is 340 g/mol. The smallest absolute Gasteiger partial charge is 0.363 e. The second kappa shape index (κ2) is 7.88. The monoisotopic (exact) mass is 340 g/mol. The van der Waals surface area contributed by atoms with Crippen LogP contribution in [0.4, 0.5) is 0 Å². The molecule has 0 saturated heterocycles. The fraction of sp³-hybridized carbons (Fsp3) is 0.235. The van der Waals surface area contributed by atoms with Gasteiger partial charge in [0, 0.05) is 5.71 Å². The third-order valence-corrected chi connectivity index (χ3v) is 3.34. The van der Waals surface area contributed by atoms with Crippen LogP contribution in [-0.4, -0.2) is 41.0 Å². The van der Waals surface area contributed by atoms with Crippen molar-refractivity contribution < 1.29 is 19.1 Å². The second-order valence-electron chi connectivity index (χ2n) is 5.11. The highest BCUT2D eigenvalue weighted by atomic mass is 16.5. The molecule has 2 aromatic rings. The largest absolute Gasteiger partial charge is 0.493 e. The Morgan fingerprint density at radius 2 is 2.04 bits per heavy atom. The van der Waals surface area contributed by atoms with Crippen LogP contribution in [0.15, 0.2) is 36.5 Å². The lowest BCUT2D eigenvalue weighted by atomic mass is 10.0. The van der Waals surface area contributed by atoms with Gasteiger partial charge < -0.3 is 14.9 Å². The maximum absolute atomic E-state index is 12.2. The standard InChI is InChI=1S/C17H16N4O4/c1-11(19)13(8-18)14(22)10-25-17(23)16-15(24-2)9-21(20-16)12-6-4-3-5-7-12/h3-7,9,13,19H,10H2,1-2H3. The molecule has 8 heteroatoms. The van der Waals surface area contributed by atoms with Crippen molar-refractivity contribution in [2.75, 3.05) is 13.7 Å². The molecule has 0 saturated carbocycles. The molecular formula is C17H16N4O4. The summed E-state index contributed by atoms with van der Waals surface area (Å²) in [4.78, 5) is 24.0. The predicted octanol–water partition coefficient (Wildman–Crippen LogP) is 1.79. The van der Waals surface area contributed by atoms with Crippen molar-refractivity contribution in [2.45, 2.75) is 6.92 Å². The van der Waals surface area contributed by atoms with Crippen molar-refractivity contribution in [3.05, 3.63) is 42.2 Å². The molecule has 1 aromatic heterocycles. The number of esters is 1. The van der Waals surface area contributed by atoms with E-state index in [1.165, 1.54) is 24.9 Å².